The third-order valence-corrected chi connectivity index (χ3v) is 5.50. The van der Waals surface area contributed by atoms with E-state index < -0.39 is 43.0 Å². The molecule has 0 fully saturated rings. The van der Waals surface area contributed by atoms with Gasteiger partial charge in [0.2, 0.25) is 0 Å². The second-order valence-corrected chi connectivity index (χ2v) is 8.61. The van der Waals surface area contributed by atoms with Crippen LogP contribution in [0.3, 0.4) is 0 Å². The average Bonchev–Trinajstić information content (AvgIpc) is 2.79. The molecule has 0 saturated heterocycles. The summed E-state index contributed by atoms with van der Waals surface area (Å²) in [6.07, 6.45) is 12.4. The molecule has 0 bridgehead atoms. The Kier molecular flexibility index (Phi) is 37.9. The Morgan fingerprint density at radius 2 is 0.971 bits per heavy atom. The van der Waals surface area contributed by atoms with Crippen LogP contribution in [0.15, 0.2) is 0 Å². The van der Waals surface area contributed by atoms with E-state index in [2.05, 4.69) is 6.92 Å². The number of unbranched alkanes of at least 4 members (excludes halogenated alkanes) is 14. The largest absolute Gasteiger partial charge is 2.00 e. The zero-order valence-corrected chi connectivity index (χ0v) is 25.3. The number of hydrogen-bond acceptors (Lipinski definition) is 7. The summed E-state index contributed by atoms with van der Waals surface area (Å²) in [5, 5.41) is 60.3. The number of aliphatic hydroxyl groups is 5. The van der Waals surface area contributed by atoms with Crippen molar-refractivity contribution < 1.29 is 45.3 Å². The van der Waals surface area contributed by atoms with Crippen LogP contribution in [0, 0.1) is 0 Å². The number of aliphatic carboxylic acids is 2. The quantitative estimate of drug-likeness (QED) is 0.0842. The molecule has 0 aliphatic carbocycles. The number of carboxylic acid groups (broad SMARTS) is 2. The molecule has 7 N–H and O–H groups in total. The number of aliphatic hydroxyl groups excluding tert-OH is 5. The monoisotopic (exact) mass is 544 g/mol. The van der Waals surface area contributed by atoms with Gasteiger partial charge in [-0.15, -0.1) is 0 Å². The SMILES string of the molecule is CCCCCCCCCCCCCCCCCC(=O)O.O=C(O)[C@H](O)[C@@H](O)[C@H](O)[C@H](O)CO.[Ca+2].[Mg+2]. The molecule has 0 unspecified atom stereocenters. The molecular formula is C24H48CaMgO9+4. The molecule has 0 spiro atoms. The minimum atomic E-state index is -2.20. The molecule has 9 nitrogen and oxygen atoms in total. The van der Waals surface area contributed by atoms with Gasteiger partial charge < -0.3 is 35.7 Å². The Hall–Kier alpha value is 0.766. The maximum Gasteiger partial charge on any atom is 2.00 e. The van der Waals surface area contributed by atoms with E-state index in [1.165, 1.54) is 83.5 Å². The van der Waals surface area contributed by atoms with Crippen LogP contribution < -0.4 is 0 Å². The number of rotatable bonds is 21. The van der Waals surface area contributed by atoms with Gasteiger partial charge in [0.05, 0.1) is 6.61 Å². The molecular weight excluding hydrogens is 497 g/mol. The summed E-state index contributed by atoms with van der Waals surface area (Å²) in [6.45, 7) is 1.43. The van der Waals surface area contributed by atoms with Crippen molar-refractivity contribution in [1.29, 1.82) is 0 Å². The molecule has 0 heterocycles. The first kappa shape index (κ1) is 42.8. The first-order valence-electron chi connectivity index (χ1n) is 12.5. The molecule has 0 aliphatic rings. The van der Waals surface area contributed by atoms with Gasteiger partial charge in [-0.2, -0.15) is 0 Å². The summed E-state index contributed by atoms with van der Waals surface area (Å²) in [5.41, 5.74) is 0. The normalized spacial score (nSPS) is 13.8. The van der Waals surface area contributed by atoms with Gasteiger partial charge in [-0.1, -0.05) is 96.8 Å². The molecule has 198 valence electrons. The standard InChI is InChI=1S/C18H36O2.C6H12O7.Ca.Mg/c1-2-3-4-5-6-7-8-9-10-11-12-13-14-15-16-17-18(19)20;7-1-2(8)3(9)4(10)5(11)6(12)13;;/h2-17H2,1H3,(H,19,20);2-5,7-11H,1H2,(H,12,13);;/q;;2*+2/t;2-,3-,4+,5-;;/m.1../s1. The maximum absolute atomic E-state index is 10.3. The summed E-state index contributed by atoms with van der Waals surface area (Å²) in [7, 11) is 0. The Morgan fingerprint density at radius 1 is 0.629 bits per heavy atom. The van der Waals surface area contributed by atoms with Crippen molar-refractivity contribution in [2.24, 2.45) is 0 Å². The fourth-order valence-corrected chi connectivity index (χ4v) is 3.32. The molecule has 0 rings (SSSR count). The molecule has 35 heavy (non-hydrogen) atoms. The van der Waals surface area contributed by atoms with Crippen molar-refractivity contribution >= 4 is 72.7 Å². The van der Waals surface area contributed by atoms with E-state index in [0.717, 1.165) is 12.8 Å². The van der Waals surface area contributed by atoms with Gasteiger partial charge in [-0.3, -0.25) is 4.79 Å². The molecule has 0 radical (unpaired) electrons. The maximum atomic E-state index is 10.3. The minimum absolute atomic E-state index is 0. The van der Waals surface area contributed by atoms with Crippen molar-refractivity contribution in [3.8, 4) is 0 Å². The van der Waals surface area contributed by atoms with E-state index in [-0.39, 0.29) is 60.8 Å². The van der Waals surface area contributed by atoms with Crippen molar-refractivity contribution in [3.05, 3.63) is 0 Å². The van der Waals surface area contributed by atoms with Crippen molar-refractivity contribution in [1.82, 2.24) is 0 Å². The topological polar surface area (TPSA) is 176 Å². The van der Waals surface area contributed by atoms with Crippen LogP contribution >= 0.6 is 0 Å². The van der Waals surface area contributed by atoms with E-state index in [9.17, 15) is 9.59 Å². The first-order chi connectivity index (χ1) is 15.7. The fraction of sp³-hybridized carbons (Fsp3) is 0.917. The number of carbonyl (C=O) groups is 2. The number of hydrogen-bond donors (Lipinski definition) is 7. The Balaban J connectivity index is -0.000000281. The van der Waals surface area contributed by atoms with Crippen LogP contribution in [-0.2, 0) is 9.59 Å². The summed E-state index contributed by atoms with van der Waals surface area (Å²) >= 11 is 0. The van der Waals surface area contributed by atoms with E-state index in [0.29, 0.717) is 6.42 Å². The summed E-state index contributed by atoms with van der Waals surface area (Å²) in [4.78, 5) is 20.4. The predicted molar refractivity (Wildman–Crippen MR) is 137 cm³/mol. The molecule has 0 aromatic rings. The van der Waals surface area contributed by atoms with Gasteiger partial charge in [0, 0.05) is 6.42 Å². The smallest absolute Gasteiger partial charge is 0.481 e. The zero-order valence-electron chi connectivity index (χ0n) is 21.7. The van der Waals surface area contributed by atoms with E-state index in [1.807, 2.05) is 0 Å². The molecule has 4 atom stereocenters. The summed E-state index contributed by atoms with van der Waals surface area (Å²) in [5.74, 6) is -2.38. The van der Waals surface area contributed by atoms with Crippen LogP contribution in [0.4, 0.5) is 0 Å². The molecule has 0 saturated carbocycles. The van der Waals surface area contributed by atoms with E-state index in [1.54, 1.807) is 0 Å². The van der Waals surface area contributed by atoms with Gasteiger partial charge in [0.25, 0.3) is 0 Å². The Bertz CT molecular complexity index is 472. The van der Waals surface area contributed by atoms with Gasteiger partial charge >= 0.3 is 72.7 Å². The van der Waals surface area contributed by atoms with Crippen molar-refractivity contribution in [3.63, 3.8) is 0 Å². The van der Waals surface area contributed by atoms with Gasteiger partial charge in [0.1, 0.15) is 18.3 Å². The second kappa shape index (κ2) is 31.0. The zero-order chi connectivity index (χ0) is 25.5. The second-order valence-electron chi connectivity index (χ2n) is 8.61. The van der Waals surface area contributed by atoms with Crippen LogP contribution in [0.2, 0.25) is 0 Å². The number of carboxylic acids is 2. The van der Waals surface area contributed by atoms with Crippen LogP contribution in [-0.4, -0.2) is 139 Å². The molecule has 0 aliphatic heterocycles. The molecule has 11 heteroatoms. The van der Waals surface area contributed by atoms with Gasteiger partial charge in [-0.25, -0.2) is 4.79 Å². The third kappa shape index (κ3) is 29.2. The average molecular weight is 545 g/mol. The van der Waals surface area contributed by atoms with Gasteiger partial charge in [-0.05, 0) is 6.42 Å². The van der Waals surface area contributed by atoms with E-state index in [4.69, 9.17) is 35.7 Å². The van der Waals surface area contributed by atoms with E-state index >= 15 is 0 Å². The molecule has 0 aromatic carbocycles. The van der Waals surface area contributed by atoms with Crippen molar-refractivity contribution in [2.45, 2.75) is 134 Å². The molecule has 0 aromatic heterocycles. The van der Waals surface area contributed by atoms with Crippen LogP contribution in [0.1, 0.15) is 110 Å². The Morgan fingerprint density at radius 3 is 1.26 bits per heavy atom. The van der Waals surface area contributed by atoms with Gasteiger partial charge in [0.15, 0.2) is 6.10 Å². The first-order valence-corrected chi connectivity index (χ1v) is 12.5. The summed E-state index contributed by atoms with van der Waals surface area (Å²) < 4.78 is 0. The summed E-state index contributed by atoms with van der Waals surface area (Å²) in [6, 6.07) is 0. The third-order valence-electron chi connectivity index (χ3n) is 5.50. The Labute approximate surface area is 256 Å². The van der Waals surface area contributed by atoms with Crippen molar-refractivity contribution in [2.75, 3.05) is 6.61 Å². The molecule has 0 amide bonds. The minimum Gasteiger partial charge on any atom is -0.481 e. The van der Waals surface area contributed by atoms with Crippen LogP contribution in [0.5, 0.6) is 0 Å². The predicted octanol–water partition coefficient (Wildman–Crippen LogP) is 2.08. The fourth-order valence-electron chi connectivity index (χ4n) is 3.32. The van der Waals surface area contributed by atoms with Crippen LogP contribution in [0.25, 0.3) is 0 Å².